The number of thiazole rings is 1. The summed E-state index contributed by atoms with van der Waals surface area (Å²) >= 11 is 6.88. The Labute approximate surface area is 95.0 Å². The molecular formula is C10H7ClFNOS. The molecule has 78 valence electrons. The molecule has 1 aromatic heterocycles. The fourth-order valence-electron chi connectivity index (χ4n) is 1.29. The predicted octanol–water partition coefficient (Wildman–Crippen LogP) is 3.09. The molecule has 0 aliphatic rings. The molecule has 0 spiro atoms. The first-order valence-electron chi connectivity index (χ1n) is 4.23. The van der Waals surface area contributed by atoms with Crippen molar-refractivity contribution in [3.63, 3.8) is 0 Å². The number of hydrogen-bond acceptors (Lipinski definition) is 3. The van der Waals surface area contributed by atoms with Crippen molar-refractivity contribution in [2.45, 2.75) is 6.61 Å². The standard InChI is InChI=1S/C10H7ClFNOS/c11-10-13-9(8(5-14)15-10)6-3-1-2-4-7(6)12/h1-4,14H,5H2. The summed E-state index contributed by atoms with van der Waals surface area (Å²) in [5.41, 5.74) is 0.787. The van der Waals surface area contributed by atoms with Crippen LogP contribution in [-0.4, -0.2) is 10.1 Å². The maximum Gasteiger partial charge on any atom is 0.184 e. The smallest absolute Gasteiger partial charge is 0.184 e. The average molecular weight is 244 g/mol. The molecule has 15 heavy (non-hydrogen) atoms. The van der Waals surface area contributed by atoms with E-state index in [0.717, 1.165) is 11.3 Å². The second kappa shape index (κ2) is 4.26. The van der Waals surface area contributed by atoms with Crippen molar-refractivity contribution in [3.8, 4) is 11.3 Å². The minimum Gasteiger partial charge on any atom is -0.391 e. The van der Waals surface area contributed by atoms with Crippen LogP contribution in [0.3, 0.4) is 0 Å². The third-order valence-electron chi connectivity index (χ3n) is 1.94. The van der Waals surface area contributed by atoms with Gasteiger partial charge in [0, 0.05) is 5.56 Å². The van der Waals surface area contributed by atoms with Gasteiger partial charge in [-0.15, -0.1) is 11.3 Å². The summed E-state index contributed by atoms with van der Waals surface area (Å²) in [5, 5.41) is 9.07. The number of rotatable bonds is 2. The topological polar surface area (TPSA) is 33.1 Å². The lowest BCUT2D eigenvalue weighted by atomic mass is 10.1. The van der Waals surface area contributed by atoms with Crippen molar-refractivity contribution < 1.29 is 9.50 Å². The van der Waals surface area contributed by atoms with E-state index >= 15 is 0 Å². The van der Waals surface area contributed by atoms with Crippen molar-refractivity contribution in [2.24, 2.45) is 0 Å². The molecule has 2 aromatic rings. The zero-order valence-corrected chi connectivity index (χ0v) is 9.15. The molecule has 0 bridgehead atoms. The van der Waals surface area contributed by atoms with Crippen molar-refractivity contribution in [1.29, 1.82) is 0 Å². The molecule has 5 heteroatoms. The quantitative estimate of drug-likeness (QED) is 0.879. The van der Waals surface area contributed by atoms with E-state index in [0.29, 0.717) is 20.6 Å². The molecule has 0 amide bonds. The summed E-state index contributed by atoms with van der Waals surface area (Å²) in [5.74, 6) is -0.367. The summed E-state index contributed by atoms with van der Waals surface area (Å²) in [6.45, 7) is -0.186. The Hall–Kier alpha value is -0.970. The third-order valence-corrected chi connectivity index (χ3v) is 3.09. The van der Waals surface area contributed by atoms with E-state index in [2.05, 4.69) is 4.98 Å². The Morgan fingerprint density at radius 2 is 2.13 bits per heavy atom. The van der Waals surface area contributed by atoms with Gasteiger partial charge >= 0.3 is 0 Å². The van der Waals surface area contributed by atoms with Crippen LogP contribution >= 0.6 is 22.9 Å². The Kier molecular flexibility index (Phi) is 3.00. The van der Waals surface area contributed by atoms with Crippen LogP contribution in [-0.2, 0) is 6.61 Å². The van der Waals surface area contributed by atoms with Gasteiger partial charge in [0.05, 0.1) is 17.2 Å². The number of halogens is 2. The summed E-state index contributed by atoms with van der Waals surface area (Å²) < 4.78 is 13.7. The van der Waals surface area contributed by atoms with Crippen LogP contribution in [0.15, 0.2) is 24.3 Å². The van der Waals surface area contributed by atoms with E-state index in [-0.39, 0.29) is 12.4 Å². The lowest BCUT2D eigenvalue weighted by molar-refractivity contribution is 0.286. The second-order valence-electron chi connectivity index (χ2n) is 2.88. The van der Waals surface area contributed by atoms with Crippen LogP contribution in [0, 0.1) is 5.82 Å². The highest BCUT2D eigenvalue weighted by atomic mass is 35.5. The van der Waals surface area contributed by atoms with Gasteiger partial charge in [-0.1, -0.05) is 23.7 Å². The van der Waals surface area contributed by atoms with E-state index in [4.69, 9.17) is 16.7 Å². The minimum absolute atomic E-state index is 0.186. The van der Waals surface area contributed by atoms with E-state index in [1.807, 2.05) is 0 Å². The van der Waals surface area contributed by atoms with Gasteiger partial charge in [0.25, 0.3) is 0 Å². The first-order chi connectivity index (χ1) is 7.22. The highest BCUT2D eigenvalue weighted by Crippen LogP contribution is 2.32. The molecule has 0 atom stereocenters. The second-order valence-corrected chi connectivity index (χ2v) is 4.54. The Bertz CT molecular complexity index is 486. The SMILES string of the molecule is OCc1sc(Cl)nc1-c1ccccc1F. The van der Waals surface area contributed by atoms with Crippen LogP contribution in [0.25, 0.3) is 11.3 Å². The summed E-state index contributed by atoms with van der Waals surface area (Å²) in [7, 11) is 0. The fraction of sp³-hybridized carbons (Fsp3) is 0.100. The largest absolute Gasteiger partial charge is 0.391 e. The van der Waals surface area contributed by atoms with Gasteiger partial charge < -0.3 is 5.11 Å². The molecule has 0 aliphatic heterocycles. The van der Waals surface area contributed by atoms with Gasteiger partial charge in [-0.25, -0.2) is 9.37 Å². The van der Waals surface area contributed by atoms with E-state index in [1.165, 1.54) is 6.07 Å². The Morgan fingerprint density at radius 3 is 2.80 bits per heavy atom. The predicted molar refractivity (Wildman–Crippen MR) is 58.4 cm³/mol. The van der Waals surface area contributed by atoms with Gasteiger partial charge in [0.2, 0.25) is 0 Å². The number of nitrogens with zero attached hydrogens (tertiary/aromatic N) is 1. The molecule has 0 fully saturated rings. The zero-order chi connectivity index (χ0) is 10.8. The maximum absolute atomic E-state index is 13.4. The number of hydrogen-bond donors (Lipinski definition) is 1. The molecule has 1 heterocycles. The minimum atomic E-state index is -0.367. The van der Waals surface area contributed by atoms with Crippen LogP contribution in [0.2, 0.25) is 4.47 Å². The normalized spacial score (nSPS) is 10.6. The van der Waals surface area contributed by atoms with Crippen LogP contribution < -0.4 is 0 Å². The summed E-state index contributed by atoms with van der Waals surface area (Å²) in [6, 6.07) is 6.28. The first-order valence-corrected chi connectivity index (χ1v) is 5.43. The molecule has 2 rings (SSSR count). The number of benzene rings is 1. The molecule has 0 radical (unpaired) electrons. The zero-order valence-electron chi connectivity index (χ0n) is 7.58. The van der Waals surface area contributed by atoms with Gasteiger partial charge in [-0.2, -0.15) is 0 Å². The lowest BCUT2D eigenvalue weighted by Gasteiger charge is -2.00. The van der Waals surface area contributed by atoms with E-state index in [1.54, 1.807) is 18.2 Å². The van der Waals surface area contributed by atoms with Gasteiger partial charge in [0.1, 0.15) is 5.82 Å². The fourth-order valence-corrected chi connectivity index (χ4v) is 2.31. The van der Waals surface area contributed by atoms with Crippen molar-refractivity contribution in [1.82, 2.24) is 4.98 Å². The Morgan fingerprint density at radius 1 is 1.40 bits per heavy atom. The van der Waals surface area contributed by atoms with Crippen LogP contribution in [0.4, 0.5) is 4.39 Å². The van der Waals surface area contributed by atoms with Crippen molar-refractivity contribution >= 4 is 22.9 Å². The number of aliphatic hydroxyl groups excluding tert-OH is 1. The molecule has 0 unspecified atom stereocenters. The summed E-state index contributed by atoms with van der Waals surface area (Å²) in [4.78, 5) is 4.57. The van der Waals surface area contributed by atoms with Gasteiger partial charge in [-0.3, -0.25) is 0 Å². The summed E-state index contributed by atoms with van der Waals surface area (Å²) in [6.07, 6.45) is 0. The average Bonchev–Trinajstić information content (AvgIpc) is 2.60. The molecule has 1 aromatic carbocycles. The maximum atomic E-state index is 13.4. The van der Waals surface area contributed by atoms with E-state index in [9.17, 15) is 4.39 Å². The molecule has 0 aliphatic carbocycles. The van der Waals surface area contributed by atoms with E-state index < -0.39 is 0 Å². The van der Waals surface area contributed by atoms with Gasteiger partial charge in [0.15, 0.2) is 4.47 Å². The number of aromatic nitrogens is 1. The third kappa shape index (κ3) is 2.02. The number of aliphatic hydroxyl groups is 1. The molecule has 2 nitrogen and oxygen atoms in total. The molecular weight excluding hydrogens is 237 g/mol. The van der Waals surface area contributed by atoms with Crippen molar-refractivity contribution in [3.05, 3.63) is 39.4 Å². The van der Waals surface area contributed by atoms with Crippen LogP contribution in [0.5, 0.6) is 0 Å². The molecule has 0 saturated heterocycles. The highest BCUT2D eigenvalue weighted by molar-refractivity contribution is 7.16. The first kappa shape index (κ1) is 10.5. The van der Waals surface area contributed by atoms with Gasteiger partial charge in [-0.05, 0) is 12.1 Å². The molecule has 0 saturated carbocycles. The highest BCUT2D eigenvalue weighted by Gasteiger charge is 2.14. The van der Waals surface area contributed by atoms with Crippen LogP contribution in [0.1, 0.15) is 4.88 Å². The monoisotopic (exact) mass is 243 g/mol. The van der Waals surface area contributed by atoms with Crippen molar-refractivity contribution in [2.75, 3.05) is 0 Å². The Balaban J connectivity index is 2.58. The molecule has 1 N–H and O–H groups in total. The lowest BCUT2D eigenvalue weighted by Crippen LogP contribution is -1.88.